The molecule has 0 fully saturated rings. The third-order valence-corrected chi connectivity index (χ3v) is 1.73. The van der Waals surface area contributed by atoms with Crippen LogP contribution in [0, 0.1) is 17.1 Å². The minimum Gasteiger partial charge on any atom is -0.328 e. The van der Waals surface area contributed by atoms with Gasteiger partial charge in [-0.3, -0.25) is 4.79 Å². The highest BCUT2D eigenvalue weighted by Gasteiger charge is 2.10. The van der Waals surface area contributed by atoms with Gasteiger partial charge < -0.3 is 4.90 Å². The molecule has 1 aromatic carbocycles. The summed E-state index contributed by atoms with van der Waals surface area (Å²) in [5, 5.41) is 8.37. The van der Waals surface area contributed by atoms with E-state index in [1.54, 1.807) is 0 Å². The summed E-state index contributed by atoms with van der Waals surface area (Å²) in [7, 11) is 1.50. The van der Waals surface area contributed by atoms with Crippen LogP contribution in [-0.4, -0.2) is 24.4 Å². The molecule has 3 nitrogen and oxygen atoms in total. The van der Waals surface area contributed by atoms with E-state index in [9.17, 15) is 9.18 Å². The molecular weight excluding hydrogens is 183 g/mol. The van der Waals surface area contributed by atoms with E-state index in [0.717, 1.165) is 6.07 Å². The first kappa shape index (κ1) is 10.2. The average molecular weight is 192 g/mol. The van der Waals surface area contributed by atoms with E-state index in [1.165, 1.54) is 30.1 Å². The Hall–Kier alpha value is -1.89. The van der Waals surface area contributed by atoms with Crippen molar-refractivity contribution in [1.29, 1.82) is 5.26 Å². The molecule has 4 heteroatoms. The zero-order valence-corrected chi connectivity index (χ0v) is 7.70. The fourth-order valence-electron chi connectivity index (χ4n) is 1.02. The van der Waals surface area contributed by atoms with Gasteiger partial charge in [0.05, 0.1) is 6.07 Å². The third-order valence-electron chi connectivity index (χ3n) is 1.73. The predicted molar refractivity (Wildman–Crippen MR) is 49.0 cm³/mol. The molecule has 14 heavy (non-hydrogen) atoms. The lowest BCUT2D eigenvalue weighted by Gasteiger charge is -2.12. The van der Waals surface area contributed by atoms with Crippen LogP contribution in [0.1, 0.15) is 10.4 Å². The lowest BCUT2D eigenvalue weighted by molar-refractivity contribution is 0.0811. The fourth-order valence-corrected chi connectivity index (χ4v) is 1.02. The van der Waals surface area contributed by atoms with E-state index in [4.69, 9.17) is 5.26 Å². The van der Waals surface area contributed by atoms with E-state index >= 15 is 0 Å². The molecule has 0 saturated carbocycles. The highest BCUT2D eigenvalue weighted by Crippen LogP contribution is 2.05. The lowest BCUT2D eigenvalue weighted by atomic mass is 10.2. The van der Waals surface area contributed by atoms with Crippen LogP contribution < -0.4 is 0 Å². The number of nitriles is 1. The number of halogens is 1. The van der Waals surface area contributed by atoms with Gasteiger partial charge in [-0.2, -0.15) is 5.26 Å². The van der Waals surface area contributed by atoms with Crippen LogP contribution in [0.3, 0.4) is 0 Å². The summed E-state index contributed by atoms with van der Waals surface area (Å²) in [6.07, 6.45) is 0. The number of rotatable bonds is 2. The van der Waals surface area contributed by atoms with Crippen LogP contribution >= 0.6 is 0 Å². The topological polar surface area (TPSA) is 44.1 Å². The number of nitrogens with zero attached hydrogens (tertiary/aromatic N) is 2. The maximum absolute atomic E-state index is 12.7. The molecule has 0 aliphatic heterocycles. The third kappa shape index (κ3) is 2.30. The van der Waals surface area contributed by atoms with Crippen molar-refractivity contribution >= 4 is 5.91 Å². The molecule has 0 radical (unpaired) electrons. The van der Waals surface area contributed by atoms with E-state index in [2.05, 4.69) is 0 Å². The van der Waals surface area contributed by atoms with Gasteiger partial charge in [-0.1, -0.05) is 6.07 Å². The molecule has 1 aromatic rings. The molecule has 72 valence electrons. The fraction of sp³-hybridized carbons (Fsp3) is 0.200. The highest BCUT2D eigenvalue weighted by atomic mass is 19.1. The Labute approximate surface area is 81.4 Å². The zero-order chi connectivity index (χ0) is 10.6. The van der Waals surface area contributed by atoms with E-state index < -0.39 is 5.82 Å². The molecule has 1 amide bonds. The van der Waals surface area contributed by atoms with Crippen molar-refractivity contribution in [2.75, 3.05) is 13.6 Å². The Balaban J connectivity index is 2.85. The van der Waals surface area contributed by atoms with Crippen molar-refractivity contribution in [3.63, 3.8) is 0 Å². The molecule has 0 heterocycles. The summed E-state index contributed by atoms with van der Waals surface area (Å²) >= 11 is 0. The Bertz CT molecular complexity index is 384. The van der Waals surface area contributed by atoms with E-state index in [0.29, 0.717) is 0 Å². The van der Waals surface area contributed by atoms with Gasteiger partial charge in [-0.25, -0.2) is 4.39 Å². The second-order valence-corrected chi connectivity index (χ2v) is 2.83. The van der Waals surface area contributed by atoms with Gasteiger partial charge in [-0.05, 0) is 18.2 Å². The average Bonchev–Trinajstić information content (AvgIpc) is 2.17. The van der Waals surface area contributed by atoms with Crippen molar-refractivity contribution in [1.82, 2.24) is 4.90 Å². The van der Waals surface area contributed by atoms with Crippen LogP contribution in [0.2, 0.25) is 0 Å². The summed E-state index contributed by atoms with van der Waals surface area (Å²) in [6.45, 7) is -0.00462. The smallest absolute Gasteiger partial charge is 0.254 e. The molecule has 1 rings (SSSR count). The van der Waals surface area contributed by atoms with E-state index in [-0.39, 0.29) is 18.0 Å². The Morgan fingerprint density at radius 2 is 2.36 bits per heavy atom. The molecule has 0 aliphatic carbocycles. The number of amides is 1. The molecule has 0 atom stereocenters. The van der Waals surface area contributed by atoms with Crippen LogP contribution in [-0.2, 0) is 0 Å². The summed E-state index contributed by atoms with van der Waals surface area (Å²) in [5.74, 6) is -0.813. The SMILES string of the molecule is CN(CC#N)C(=O)c1cccc(F)c1. The van der Waals surface area contributed by atoms with Crippen molar-refractivity contribution < 1.29 is 9.18 Å². The summed E-state index contributed by atoms with van der Waals surface area (Å²) in [6, 6.07) is 7.23. The zero-order valence-electron chi connectivity index (χ0n) is 7.70. The van der Waals surface area contributed by atoms with Gasteiger partial charge in [0.15, 0.2) is 0 Å². The van der Waals surface area contributed by atoms with Gasteiger partial charge >= 0.3 is 0 Å². The standard InChI is InChI=1S/C10H9FN2O/c1-13(6-5-12)10(14)8-3-2-4-9(11)7-8/h2-4,7H,6H2,1H3. The first-order chi connectivity index (χ1) is 6.65. The van der Waals surface area contributed by atoms with Crippen LogP contribution in [0.4, 0.5) is 4.39 Å². The van der Waals surface area contributed by atoms with Crippen molar-refractivity contribution in [3.05, 3.63) is 35.6 Å². The van der Waals surface area contributed by atoms with Gasteiger partial charge in [-0.15, -0.1) is 0 Å². The van der Waals surface area contributed by atoms with Crippen LogP contribution in [0.25, 0.3) is 0 Å². The number of carbonyl (C=O) groups excluding carboxylic acids is 1. The number of hydrogen-bond acceptors (Lipinski definition) is 2. The molecule has 0 spiro atoms. The molecule has 0 bridgehead atoms. The molecule has 0 aromatic heterocycles. The van der Waals surface area contributed by atoms with Crippen molar-refractivity contribution in [3.8, 4) is 6.07 Å². The van der Waals surface area contributed by atoms with Crippen molar-refractivity contribution in [2.45, 2.75) is 0 Å². The first-order valence-corrected chi connectivity index (χ1v) is 4.03. The second kappa shape index (κ2) is 4.38. The second-order valence-electron chi connectivity index (χ2n) is 2.83. The molecule has 0 saturated heterocycles. The quantitative estimate of drug-likeness (QED) is 0.665. The predicted octanol–water partition coefficient (Wildman–Crippen LogP) is 1.42. The van der Waals surface area contributed by atoms with Gasteiger partial charge in [0.25, 0.3) is 5.91 Å². The summed E-state index contributed by atoms with van der Waals surface area (Å²) < 4.78 is 12.7. The molecule has 0 unspecified atom stereocenters. The lowest BCUT2D eigenvalue weighted by Crippen LogP contribution is -2.26. The molecular formula is C10H9FN2O. The minimum atomic E-state index is -0.457. The molecule has 0 N–H and O–H groups in total. The maximum atomic E-state index is 12.7. The van der Waals surface area contributed by atoms with Gasteiger partial charge in [0.1, 0.15) is 12.4 Å². The Morgan fingerprint density at radius 3 is 2.93 bits per heavy atom. The first-order valence-electron chi connectivity index (χ1n) is 4.03. The maximum Gasteiger partial charge on any atom is 0.254 e. The minimum absolute atomic E-state index is 0.00462. The number of hydrogen-bond donors (Lipinski definition) is 0. The number of benzene rings is 1. The summed E-state index contributed by atoms with van der Waals surface area (Å²) in [5.41, 5.74) is 0.253. The largest absolute Gasteiger partial charge is 0.328 e. The Morgan fingerprint density at radius 1 is 1.64 bits per heavy atom. The normalized spacial score (nSPS) is 9.21. The van der Waals surface area contributed by atoms with Crippen molar-refractivity contribution in [2.24, 2.45) is 0 Å². The molecule has 0 aliphatic rings. The number of carbonyl (C=O) groups is 1. The van der Waals surface area contributed by atoms with Gasteiger partial charge in [0.2, 0.25) is 0 Å². The summed E-state index contributed by atoms with van der Waals surface area (Å²) in [4.78, 5) is 12.7. The van der Waals surface area contributed by atoms with Crippen LogP contribution in [0.5, 0.6) is 0 Å². The highest BCUT2D eigenvalue weighted by molar-refractivity contribution is 5.94. The Kier molecular flexibility index (Phi) is 3.19. The monoisotopic (exact) mass is 192 g/mol. The van der Waals surface area contributed by atoms with Gasteiger partial charge in [0, 0.05) is 12.6 Å². The van der Waals surface area contributed by atoms with Crippen LogP contribution in [0.15, 0.2) is 24.3 Å². The van der Waals surface area contributed by atoms with E-state index in [1.807, 2.05) is 6.07 Å².